The Morgan fingerprint density at radius 2 is 0.300 bits per heavy atom. The standard InChI is InChI=1S/C42H118O12Si16/c1-35-36-67(52-64(29,30)37-40-68(43-55(2,3)4,44-56(5,6)7)45-57(8,9)10,53-65(31,32)38-41-69(46-58(11,12)13,47-59(14,15)16)48-60(17,18)19)54-66(33,34)39-42-70(49-61(20,21)22,50-62(23,24)25)51-63(26,27)28/h35-42H2,1-34H3. The second-order valence-corrected chi connectivity index (χ2v) is 97.8. The summed E-state index contributed by atoms with van der Waals surface area (Å²) in [5.74, 6) is 0. The zero-order valence-corrected chi connectivity index (χ0v) is 68.6. The fourth-order valence-electron chi connectivity index (χ4n) is 8.15. The van der Waals surface area contributed by atoms with Gasteiger partial charge in [-0.1, -0.05) is 13.3 Å². The molecule has 0 aliphatic heterocycles. The molecule has 0 saturated heterocycles. The first-order valence-corrected chi connectivity index (χ1v) is 74.3. The summed E-state index contributed by atoms with van der Waals surface area (Å²) < 4.78 is 88.9. The molecule has 0 amide bonds. The summed E-state index contributed by atoms with van der Waals surface area (Å²) in [6.07, 6.45) is 0.879. The first-order valence-electron chi connectivity index (χ1n) is 26.6. The van der Waals surface area contributed by atoms with Crippen LogP contribution in [0.15, 0.2) is 0 Å². The van der Waals surface area contributed by atoms with E-state index in [1.54, 1.807) is 0 Å². The highest BCUT2D eigenvalue weighted by atomic mass is 28.5. The molecule has 70 heavy (non-hydrogen) atoms. The molecule has 0 N–H and O–H groups in total. The van der Waals surface area contributed by atoms with Crippen LogP contribution < -0.4 is 0 Å². The van der Waals surface area contributed by atoms with E-state index in [1.165, 1.54) is 0 Å². The van der Waals surface area contributed by atoms with Gasteiger partial charge in [0.05, 0.1) is 0 Å². The second kappa shape index (κ2) is 25.6. The van der Waals surface area contributed by atoms with E-state index in [0.717, 1.165) is 48.7 Å². The fraction of sp³-hybridized carbons (Fsp3) is 1.00. The molecule has 0 heterocycles. The monoisotopic (exact) mass is 1260 g/mol. The third-order valence-corrected chi connectivity index (χ3v) is 62.3. The van der Waals surface area contributed by atoms with Crippen molar-refractivity contribution in [1.82, 2.24) is 0 Å². The van der Waals surface area contributed by atoms with Gasteiger partial charge in [0.15, 0.2) is 99.8 Å². The van der Waals surface area contributed by atoms with Gasteiger partial charge < -0.3 is 49.4 Å². The Bertz CT molecular complexity index is 1280. The van der Waals surface area contributed by atoms with Crippen molar-refractivity contribution in [2.24, 2.45) is 0 Å². The minimum Gasteiger partial charge on any atom is -0.417 e. The zero-order chi connectivity index (χ0) is 56.1. The summed E-state index contributed by atoms with van der Waals surface area (Å²) in [7, 11) is -39.6. The maximum absolute atomic E-state index is 7.94. The minimum absolute atomic E-state index is 0.720. The fourth-order valence-corrected chi connectivity index (χ4v) is 76.0. The first kappa shape index (κ1) is 73.0. The molecule has 0 rings (SSSR count). The van der Waals surface area contributed by atoms with Crippen molar-refractivity contribution in [3.63, 3.8) is 0 Å². The smallest absolute Gasteiger partial charge is 0.417 e. The van der Waals surface area contributed by atoms with E-state index < -0.39 is 135 Å². The molecule has 0 aromatic carbocycles. The van der Waals surface area contributed by atoms with Crippen LogP contribution in [0, 0.1) is 0 Å². The Balaban J connectivity index is 8.05. The van der Waals surface area contributed by atoms with Crippen LogP contribution in [0.25, 0.3) is 0 Å². The summed E-state index contributed by atoms with van der Waals surface area (Å²) in [5.41, 5.74) is 0. The Morgan fingerprint density at radius 1 is 0.171 bits per heavy atom. The summed E-state index contributed by atoms with van der Waals surface area (Å²) in [6, 6.07) is 5.34. The second-order valence-electron chi connectivity index (χ2n) is 30.5. The number of hydrogen-bond donors (Lipinski definition) is 0. The van der Waals surface area contributed by atoms with Crippen molar-refractivity contribution >= 4 is 135 Å². The van der Waals surface area contributed by atoms with E-state index in [1.807, 2.05) is 0 Å². The SMILES string of the molecule is CCC[Si](O[Si](C)(C)CC[Si](O[Si](C)(C)C)(O[Si](C)(C)C)O[Si](C)(C)C)(O[Si](C)(C)CC[Si](O[Si](C)(C)C)(O[Si](C)(C)C)O[Si](C)(C)C)O[Si](C)(C)CC[Si](O[Si](C)(C)C)(O[Si](C)(C)C)O[Si](C)(C)C. The molecule has 28 heteroatoms. The molecule has 0 radical (unpaired) electrons. The highest BCUT2D eigenvalue weighted by Gasteiger charge is 2.58. The average molecular weight is 1260 g/mol. The predicted octanol–water partition coefficient (Wildman–Crippen LogP) is 16.5. The maximum atomic E-state index is 7.94. The summed E-state index contributed by atoms with van der Waals surface area (Å²) in [5, 5.41) is 0. The molecule has 0 fully saturated rings. The van der Waals surface area contributed by atoms with Crippen LogP contribution in [0.4, 0.5) is 0 Å². The van der Waals surface area contributed by atoms with E-state index >= 15 is 0 Å². The van der Waals surface area contributed by atoms with E-state index in [2.05, 4.69) is 223 Å². The average Bonchev–Trinajstić information content (AvgIpc) is 2.94. The van der Waals surface area contributed by atoms with Crippen molar-refractivity contribution in [1.29, 1.82) is 0 Å². The van der Waals surface area contributed by atoms with Gasteiger partial charge in [-0.05, 0) is 234 Å². The van der Waals surface area contributed by atoms with Crippen molar-refractivity contribution in [3.05, 3.63) is 0 Å². The van der Waals surface area contributed by atoms with Gasteiger partial charge in [0, 0.05) is 24.2 Å². The third-order valence-electron chi connectivity index (χ3n) is 9.11. The molecule has 12 nitrogen and oxygen atoms in total. The van der Waals surface area contributed by atoms with Gasteiger partial charge in [-0.2, -0.15) is 0 Å². The highest BCUT2D eigenvalue weighted by molar-refractivity contribution is 6.95. The lowest BCUT2D eigenvalue weighted by atomic mass is 10.6. The number of rotatable bonds is 35. The van der Waals surface area contributed by atoms with Crippen LogP contribution in [0.2, 0.25) is 258 Å². The summed E-state index contributed by atoms with van der Waals surface area (Å²) >= 11 is 0. The molecule has 0 bridgehead atoms. The van der Waals surface area contributed by atoms with Crippen LogP contribution in [0.3, 0.4) is 0 Å². The Hall–Kier alpha value is 2.99. The van der Waals surface area contributed by atoms with E-state index in [-0.39, 0.29) is 0 Å². The zero-order valence-electron chi connectivity index (χ0n) is 52.6. The lowest BCUT2D eigenvalue weighted by Gasteiger charge is -2.48. The van der Waals surface area contributed by atoms with Crippen molar-refractivity contribution in [3.8, 4) is 0 Å². The van der Waals surface area contributed by atoms with Gasteiger partial charge >= 0.3 is 35.2 Å². The van der Waals surface area contributed by atoms with Gasteiger partial charge in [-0.25, -0.2) is 0 Å². The molecule has 0 aliphatic carbocycles. The quantitative estimate of drug-likeness (QED) is 0.0564. The topological polar surface area (TPSA) is 111 Å². The maximum Gasteiger partial charge on any atom is 0.469 e. The summed E-state index contributed by atoms with van der Waals surface area (Å²) in [4.78, 5) is 0. The van der Waals surface area contributed by atoms with Crippen molar-refractivity contribution < 1.29 is 49.4 Å². The highest BCUT2D eigenvalue weighted by Crippen LogP contribution is 2.41. The molecular weight excluding hydrogens is 1150 g/mol. The van der Waals surface area contributed by atoms with E-state index in [4.69, 9.17) is 49.4 Å². The third kappa shape index (κ3) is 34.8. The molecule has 0 aromatic rings. The molecule has 0 aliphatic rings. The minimum atomic E-state index is -3.47. The Kier molecular flexibility index (Phi) is 26.7. The lowest BCUT2D eigenvalue weighted by Crippen LogP contribution is -2.64. The first-order chi connectivity index (χ1) is 30.2. The predicted molar refractivity (Wildman–Crippen MR) is 343 cm³/mol. The van der Waals surface area contributed by atoms with Gasteiger partial charge in [0.2, 0.25) is 0 Å². The molecule has 0 unspecified atom stereocenters. The molecular formula is C42H118O12Si16. The molecule has 422 valence electrons. The van der Waals surface area contributed by atoms with Crippen LogP contribution >= 0.6 is 0 Å². The van der Waals surface area contributed by atoms with Crippen LogP contribution in [-0.4, -0.2) is 135 Å². The van der Waals surface area contributed by atoms with Crippen molar-refractivity contribution in [2.75, 3.05) is 0 Å². The normalized spacial score (nSPS) is 15.9. The summed E-state index contributed by atoms with van der Waals surface area (Å²) in [6.45, 7) is 77.6. The molecule has 0 saturated carbocycles. The Morgan fingerprint density at radius 3 is 0.414 bits per heavy atom. The molecule has 0 spiro atoms. The largest absolute Gasteiger partial charge is 0.469 e. The Labute approximate surface area is 452 Å². The van der Waals surface area contributed by atoms with Gasteiger partial charge in [-0.3, -0.25) is 0 Å². The van der Waals surface area contributed by atoms with E-state index in [0.29, 0.717) is 0 Å². The lowest BCUT2D eigenvalue weighted by molar-refractivity contribution is 0.235. The van der Waals surface area contributed by atoms with Crippen LogP contribution in [-0.2, 0) is 49.4 Å². The van der Waals surface area contributed by atoms with Gasteiger partial charge in [0.1, 0.15) is 0 Å². The van der Waals surface area contributed by atoms with E-state index in [9.17, 15) is 0 Å². The number of hydrogen-bond acceptors (Lipinski definition) is 12. The van der Waals surface area contributed by atoms with Crippen LogP contribution in [0.1, 0.15) is 13.3 Å². The van der Waals surface area contributed by atoms with Gasteiger partial charge in [-0.15, -0.1) is 0 Å². The molecule has 0 atom stereocenters. The van der Waals surface area contributed by atoms with Crippen molar-refractivity contribution in [2.45, 2.75) is 272 Å². The van der Waals surface area contributed by atoms with Crippen LogP contribution in [0.5, 0.6) is 0 Å². The molecule has 0 aromatic heterocycles. The van der Waals surface area contributed by atoms with Gasteiger partial charge in [0.25, 0.3) is 0 Å².